The van der Waals surface area contributed by atoms with Gasteiger partial charge < -0.3 is 15.2 Å². The van der Waals surface area contributed by atoms with E-state index in [9.17, 15) is 4.79 Å². The largest absolute Gasteiger partial charge is 0.328 e. The van der Waals surface area contributed by atoms with Gasteiger partial charge in [-0.1, -0.05) is 18.9 Å². The molecule has 2 aromatic heterocycles. The SMILES string of the molecule is Cc1ccc(-n2cnnc2)cc1NC(=O)NC(C)c1nncn1C1CCCC1. The second-order valence-corrected chi connectivity index (χ2v) is 7.22. The molecule has 2 N–H and O–H groups in total. The number of rotatable bonds is 5. The van der Waals surface area contributed by atoms with Crippen molar-refractivity contribution in [1.29, 1.82) is 0 Å². The Morgan fingerprint density at radius 3 is 2.64 bits per heavy atom. The molecule has 9 heteroatoms. The van der Waals surface area contributed by atoms with Crippen LogP contribution in [0.1, 0.15) is 56.1 Å². The smallest absolute Gasteiger partial charge is 0.319 e. The summed E-state index contributed by atoms with van der Waals surface area (Å²) in [5.41, 5.74) is 2.57. The minimum atomic E-state index is -0.280. The molecule has 0 aliphatic heterocycles. The van der Waals surface area contributed by atoms with Gasteiger partial charge in [0.1, 0.15) is 19.0 Å². The Hall–Kier alpha value is -3.23. The first-order valence-corrected chi connectivity index (χ1v) is 9.54. The topological polar surface area (TPSA) is 103 Å². The summed E-state index contributed by atoms with van der Waals surface area (Å²) < 4.78 is 3.89. The van der Waals surface area contributed by atoms with E-state index in [1.165, 1.54) is 12.8 Å². The summed E-state index contributed by atoms with van der Waals surface area (Å²) >= 11 is 0. The summed E-state index contributed by atoms with van der Waals surface area (Å²) in [5, 5.41) is 21.8. The first-order valence-electron chi connectivity index (χ1n) is 9.54. The molecule has 0 bridgehead atoms. The minimum Gasteiger partial charge on any atom is -0.328 e. The summed E-state index contributed by atoms with van der Waals surface area (Å²) in [4.78, 5) is 12.6. The number of hydrogen-bond acceptors (Lipinski definition) is 5. The van der Waals surface area contributed by atoms with Gasteiger partial charge in [-0.3, -0.25) is 4.57 Å². The fourth-order valence-electron chi connectivity index (χ4n) is 3.68. The van der Waals surface area contributed by atoms with E-state index in [1.807, 2.05) is 32.0 Å². The molecule has 3 aromatic rings. The maximum Gasteiger partial charge on any atom is 0.319 e. The summed E-state index contributed by atoms with van der Waals surface area (Å²) in [7, 11) is 0. The highest BCUT2D eigenvalue weighted by molar-refractivity contribution is 5.90. The molecule has 146 valence electrons. The van der Waals surface area contributed by atoms with Crippen LogP contribution in [0.25, 0.3) is 5.69 Å². The lowest BCUT2D eigenvalue weighted by Gasteiger charge is -2.19. The molecule has 1 saturated carbocycles. The fourth-order valence-corrected chi connectivity index (χ4v) is 3.68. The fraction of sp³-hybridized carbons (Fsp3) is 0.421. The van der Waals surface area contributed by atoms with Gasteiger partial charge >= 0.3 is 6.03 Å². The Bertz CT molecular complexity index is 943. The molecule has 9 nitrogen and oxygen atoms in total. The summed E-state index contributed by atoms with van der Waals surface area (Å²) in [6, 6.07) is 5.70. The van der Waals surface area contributed by atoms with Crippen LogP contribution in [0.3, 0.4) is 0 Å². The van der Waals surface area contributed by atoms with Crippen molar-refractivity contribution in [2.24, 2.45) is 0 Å². The van der Waals surface area contributed by atoms with Crippen LogP contribution < -0.4 is 10.6 Å². The molecule has 0 saturated heterocycles. The maximum absolute atomic E-state index is 12.6. The van der Waals surface area contributed by atoms with E-state index in [1.54, 1.807) is 23.5 Å². The summed E-state index contributed by atoms with van der Waals surface area (Å²) in [6.45, 7) is 3.88. The average molecular weight is 380 g/mol. The Morgan fingerprint density at radius 2 is 1.89 bits per heavy atom. The van der Waals surface area contributed by atoms with Gasteiger partial charge in [-0.05, 0) is 44.4 Å². The lowest BCUT2D eigenvalue weighted by molar-refractivity contribution is 0.248. The molecule has 2 amide bonds. The lowest BCUT2D eigenvalue weighted by Crippen LogP contribution is -2.33. The Labute approximate surface area is 163 Å². The van der Waals surface area contributed by atoms with Crippen LogP contribution >= 0.6 is 0 Å². The van der Waals surface area contributed by atoms with Crippen molar-refractivity contribution in [3.8, 4) is 5.69 Å². The van der Waals surface area contributed by atoms with Crippen LogP contribution in [0, 0.1) is 6.92 Å². The standard InChI is InChI=1S/C19H24N8O/c1-13-7-8-16(26-10-20-21-11-26)9-17(13)24-19(28)23-14(2)18-25-22-12-27(18)15-5-3-4-6-15/h7-12,14-15H,3-6H2,1-2H3,(H2,23,24,28). The third kappa shape index (κ3) is 3.73. The van der Waals surface area contributed by atoms with Crippen LogP contribution in [-0.4, -0.2) is 35.6 Å². The van der Waals surface area contributed by atoms with Crippen molar-refractivity contribution < 1.29 is 4.79 Å². The van der Waals surface area contributed by atoms with Gasteiger partial charge in [-0.2, -0.15) is 0 Å². The van der Waals surface area contributed by atoms with Crippen LogP contribution in [0.15, 0.2) is 37.2 Å². The van der Waals surface area contributed by atoms with Crippen LogP contribution in [0.5, 0.6) is 0 Å². The van der Waals surface area contributed by atoms with Gasteiger partial charge in [0.25, 0.3) is 0 Å². The highest BCUT2D eigenvalue weighted by atomic mass is 16.2. The molecule has 1 atom stereocenters. The second kappa shape index (κ2) is 7.79. The number of carbonyl (C=O) groups is 1. The van der Waals surface area contributed by atoms with Crippen LogP contribution in [-0.2, 0) is 0 Å². The molecule has 1 fully saturated rings. The molecule has 2 heterocycles. The Kier molecular flexibility index (Phi) is 5.05. The normalized spacial score (nSPS) is 15.5. The lowest BCUT2D eigenvalue weighted by atomic mass is 10.2. The number of urea groups is 1. The number of anilines is 1. The van der Waals surface area contributed by atoms with Crippen molar-refractivity contribution in [3.63, 3.8) is 0 Å². The maximum atomic E-state index is 12.6. The second-order valence-electron chi connectivity index (χ2n) is 7.22. The number of carbonyl (C=O) groups excluding carboxylic acids is 1. The number of aromatic nitrogens is 6. The van der Waals surface area contributed by atoms with Gasteiger partial charge in [0.05, 0.1) is 11.7 Å². The molecule has 1 aromatic carbocycles. The predicted molar refractivity (Wildman–Crippen MR) is 104 cm³/mol. The third-order valence-electron chi connectivity index (χ3n) is 5.24. The van der Waals surface area contributed by atoms with Gasteiger partial charge in [0, 0.05) is 11.7 Å². The van der Waals surface area contributed by atoms with E-state index in [-0.39, 0.29) is 12.1 Å². The van der Waals surface area contributed by atoms with Gasteiger partial charge in [0.15, 0.2) is 5.82 Å². The number of nitrogens with one attached hydrogen (secondary N) is 2. The third-order valence-corrected chi connectivity index (χ3v) is 5.24. The number of aryl methyl sites for hydroxylation is 1. The van der Waals surface area contributed by atoms with E-state index in [4.69, 9.17) is 0 Å². The minimum absolute atomic E-state index is 0.246. The van der Waals surface area contributed by atoms with Gasteiger partial charge in [-0.25, -0.2) is 4.79 Å². The molecule has 1 unspecified atom stereocenters. The predicted octanol–water partition coefficient (Wildman–Crippen LogP) is 3.17. The van der Waals surface area contributed by atoms with Crippen molar-refractivity contribution in [2.75, 3.05) is 5.32 Å². The van der Waals surface area contributed by atoms with Crippen molar-refractivity contribution in [2.45, 2.75) is 51.6 Å². The molecule has 1 aliphatic carbocycles. The highest BCUT2D eigenvalue weighted by Crippen LogP contribution is 2.31. The zero-order valence-electron chi connectivity index (χ0n) is 16.0. The van der Waals surface area contributed by atoms with Crippen molar-refractivity contribution in [1.82, 2.24) is 34.8 Å². The van der Waals surface area contributed by atoms with Gasteiger partial charge in [0.2, 0.25) is 0 Å². The first-order chi connectivity index (χ1) is 13.6. The number of nitrogens with zero attached hydrogens (tertiary/aromatic N) is 6. The monoisotopic (exact) mass is 380 g/mol. The first kappa shape index (κ1) is 18.1. The van der Waals surface area contributed by atoms with E-state index >= 15 is 0 Å². The molecular weight excluding hydrogens is 356 g/mol. The highest BCUT2D eigenvalue weighted by Gasteiger charge is 2.23. The van der Waals surface area contributed by atoms with Crippen molar-refractivity contribution >= 4 is 11.7 Å². The van der Waals surface area contributed by atoms with Crippen LogP contribution in [0.2, 0.25) is 0 Å². The molecule has 0 spiro atoms. The Morgan fingerprint density at radius 1 is 1.14 bits per heavy atom. The quantitative estimate of drug-likeness (QED) is 0.708. The van der Waals surface area contributed by atoms with Crippen molar-refractivity contribution in [3.05, 3.63) is 48.6 Å². The van der Waals surface area contributed by atoms with Crippen LogP contribution in [0.4, 0.5) is 10.5 Å². The van der Waals surface area contributed by atoms with E-state index < -0.39 is 0 Å². The van der Waals surface area contributed by atoms with E-state index in [0.717, 1.165) is 35.6 Å². The average Bonchev–Trinajstić information content (AvgIpc) is 3.44. The van der Waals surface area contributed by atoms with E-state index in [2.05, 4.69) is 35.6 Å². The zero-order chi connectivity index (χ0) is 19.5. The molecule has 1 aliphatic rings. The number of amides is 2. The Balaban J connectivity index is 1.45. The summed E-state index contributed by atoms with van der Waals surface area (Å²) in [5.74, 6) is 0.789. The zero-order valence-corrected chi connectivity index (χ0v) is 16.0. The molecule has 0 radical (unpaired) electrons. The summed E-state index contributed by atoms with van der Waals surface area (Å²) in [6.07, 6.45) is 9.74. The number of benzene rings is 1. The molecular formula is C19H24N8O. The van der Waals surface area contributed by atoms with E-state index in [0.29, 0.717) is 6.04 Å². The van der Waals surface area contributed by atoms with Gasteiger partial charge in [-0.15, -0.1) is 20.4 Å². The molecule has 4 rings (SSSR count). The molecule has 28 heavy (non-hydrogen) atoms. The number of hydrogen-bond donors (Lipinski definition) is 2.